The largest absolute Gasteiger partial charge is 0.489 e. The highest BCUT2D eigenvalue weighted by molar-refractivity contribution is 7.99. The molecule has 3 aromatic rings. The molecule has 1 N–H and O–H groups in total. The molecule has 1 aliphatic rings. The van der Waals surface area contributed by atoms with Crippen LogP contribution in [-0.4, -0.2) is 29.9 Å². The number of halogens is 2. The zero-order valence-corrected chi connectivity index (χ0v) is 19.8. The molecule has 1 aliphatic heterocycles. The minimum atomic E-state index is -0.745. The maximum atomic E-state index is 13.6. The summed E-state index contributed by atoms with van der Waals surface area (Å²) in [6.45, 7) is 4.20. The van der Waals surface area contributed by atoms with Crippen molar-refractivity contribution in [2.75, 3.05) is 6.61 Å². The standard InChI is InChI=1S/C27H26F2O4S/c1-16(2)24-13-23(34-22-9-7-19(29)8-10-22)14-25(17-3-5-18(28)6-4-17)27(24)32-15-21-11-20(30)12-26(31)33-21/h3-10,13-14,16,20-21,30H,11-12,15H2,1-2H3/t20-,21+/m1/s1. The molecule has 0 spiro atoms. The number of hydrogen-bond donors (Lipinski definition) is 1. The maximum absolute atomic E-state index is 13.6. The molecule has 4 rings (SSSR count). The fourth-order valence-corrected chi connectivity index (χ4v) is 4.80. The lowest BCUT2D eigenvalue weighted by Crippen LogP contribution is -2.36. The van der Waals surface area contributed by atoms with Gasteiger partial charge in [-0.25, -0.2) is 8.78 Å². The number of hydrogen-bond acceptors (Lipinski definition) is 5. The summed E-state index contributed by atoms with van der Waals surface area (Å²) >= 11 is 1.50. The Kier molecular flexibility index (Phi) is 7.54. The summed E-state index contributed by atoms with van der Waals surface area (Å²) in [7, 11) is 0. The Balaban J connectivity index is 1.72. The summed E-state index contributed by atoms with van der Waals surface area (Å²) in [6, 6.07) is 16.5. The van der Waals surface area contributed by atoms with Gasteiger partial charge >= 0.3 is 5.97 Å². The second kappa shape index (κ2) is 10.6. The van der Waals surface area contributed by atoms with Gasteiger partial charge in [0.2, 0.25) is 0 Å². The Morgan fingerprint density at radius 3 is 2.29 bits per heavy atom. The molecule has 34 heavy (non-hydrogen) atoms. The summed E-state index contributed by atoms with van der Waals surface area (Å²) in [6.07, 6.45) is -0.993. The highest BCUT2D eigenvalue weighted by Gasteiger charge is 2.28. The number of carbonyl (C=O) groups excluding carboxylic acids is 1. The van der Waals surface area contributed by atoms with E-state index in [9.17, 15) is 18.7 Å². The van der Waals surface area contributed by atoms with Crippen LogP contribution in [0.2, 0.25) is 0 Å². The first-order valence-electron chi connectivity index (χ1n) is 11.2. The van der Waals surface area contributed by atoms with E-state index in [1.807, 2.05) is 26.0 Å². The predicted octanol–water partition coefficient (Wildman–Crippen LogP) is 6.35. The van der Waals surface area contributed by atoms with Gasteiger partial charge in [0.05, 0.1) is 12.5 Å². The van der Waals surface area contributed by atoms with Gasteiger partial charge in [-0.2, -0.15) is 0 Å². The summed E-state index contributed by atoms with van der Waals surface area (Å²) in [5.41, 5.74) is 2.49. The fourth-order valence-electron chi connectivity index (χ4n) is 3.89. The molecule has 4 nitrogen and oxygen atoms in total. The van der Waals surface area contributed by atoms with E-state index >= 15 is 0 Å². The van der Waals surface area contributed by atoms with Crippen LogP contribution < -0.4 is 4.74 Å². The van der Waals surface area contributed by atoms with E-state index in [0.29, 0.717) is 12.2 Å². The lowest BCUT2D eigenvalue weighted by Gasteiger charge is -2.27. The third kappa shape index (κ3) is 5.96. The van der Waals surface area contributed by atoms with Gasteiger partial charge in [0.25, 0.3) is 0 Å². The topological polar surface area (TPSA) is 55.8 Å². The molecule has 0 bridgehead atoms. The van der Waals surface area contributed by atoms with E-state index < -0.39 is 18.2 Å². The molecule has 2 atom stereocenters. The summed E-state index contributed by atoms with van der Waals surface area (Å²) in [5, 5.41) is 9.92. The molecule has 0 unspecified atom stereocenters. The van der Waals surface area contributed by atoms with Crippen molar-refractivity contribution in [3.63, 3.8) is 0 Å². The molecule has 1 fully saturated rings. The molecular formula is C27H26F2O4S. The van der Waals surface area contributed by atoms with Crippen LogP contribution in [0.15, 0.2) is 70.5 Å². The van der Waals surface area contributed by atoms with Crippen LogP contribution in [0.4, 0.5) is 8.78 Å². The van der Waals surface area contributed by atoms with E-state index in [2.05, 4.69) is 0 Å². The first-order chi connectivity index (χ1) is 16.3. The van der Waals surface area contributed by atoms with Crippen molar-refractivity contribution in [3.05, 3.63) is 77.9 Å². The molecule has 0 aromatic heterocycles. The Morgan fingerprint density at radius 1 is 1.03 bits per heavy atom. The number of benzene rings is 3. The second-order valence-corrected chi connectivity index (χ2v) is 9.77. The Hall–Kier alpha value is -2.90. The van der Waals surface area contributed by atoms with E-state index in [0.717, 1.165) is 26.5 Å². The van der Waals surface area contributed by atoms with Crippen molar-refractivity contribution < 1.29 is 28.2 Å². The lowest BCUT2D eigenvalue weighted by molar-refractivity contribution is -0.162. The number of aliphatic hydroxyl groups excluding tert-OH is 1. The third-order valence-electron chi connectivity index (χ3n) is 5.57. The quantitative estimate of drug-likeness (QED) is 0.396. The second-order valence-electron chi connectivity index (χ2n) is 8.62. The molecule has 178 valence electrons. The van der Waals surface area contributed by atoms with Crippen molar-refractivity contribution in [2.45, 2.75) is 54.6 Å². The van der Waals surface area contributed by atoms with Gasteiger partial charge in [-0.3, -0.25) is 4.79 Å². The molecule has 0 saturated carbocycles. The van der Waals surface area contributed by atoms with Gasteiger partial charge in [-0.1, -0.05) is 37.7 Å². The zero-order chi connectivity index (χ0) is 24.2. The molecular weight excluding hydrogens is 458 g/mol. The van der Waals surface area contributed by atoms with Gasteiger partial charge in [0.15, 0.2) is 0 Å². The number of cyclic esters (lactones) is 1. The van der Waals surface area contributed by atoms with Crippen molar-refractivity contribution in [3.8, 4) is 16.9 Å². The maximum Gasteiger partial charge on any atom is 0.308 e. The third-order valence-corrected chi connectivity index (χ3v) is 6.55. The van der Waals surface area contributed by atoms with Crippen LogP contribution in [0.1, 0.15) is 38.2 Å². The SMILES string of the molecule is CC(C)c1cc(Sc2ccc(F)cc2)cc(-c2ccc(F)cc2)c1OC[C@@H]1C[C@@H](O)CC(=O)O1. The highest BCUT2D eigenvalue weighted by atomic mass is 32.2. The van der Waals surface area contributed by atoms with Crippen LogP contribution in [0.5, 0.6) is 5.75 Å². The van der Waals surface area contributed by atoms with Crippen molar-refractivity contribution >= 4 is 17.7 Å². The van der Waals surface area contributed by atoms with Gasteiger partial charge in [-0.05, 0) is 65.6 Å². The van der Waals surface area contributed by atoms with Crippen LogP contribution in [0.3, 0.4) is 0 Å². The predicted molar refractivity (Wildman–Crippen MR) is 127 cm³/mol. The van der Waals surface area contributed by atoms with E-state index in [-0.39, 0.29) is 30.6 Å². The smallest absolute Gasteiger partial charge is 0.308 e. The van der Waals surface area contributed by atoms with E-state index in [1.165, 1.54) is 36.0 Å². The normalized spacial score (nSPS) is 18.1. The summed E-state index contributed by atoms with van der Waals surface area (Å²) in [5.74, 6) is -0.350. The average molecular weight is 485 g/mol. The average Bonchev–Trinajstić information content (AvgIpc) is 2.79. The van der Waals surface area contributed by atoms with E-state index in [1.54, 1.807) is 24.3 Å². The fraction of sp³-hybridized carbons (Fsp3) is 0.296. The molecule has 0 radical (unpaired) electrons. The zero-order valence-electron chi connectivity index (χ0n) is 19.0. The number of esters is 1. The van der Waals surface area contributed by atoms with Gasteiger partial charge in [0, 0.05) is 21.8 Å². The molecule has 1 heterocycles. The first kappa shape index (κ1) is 24.2. The molecule has 0 aliphatic carbocycles. The summed E-state index contributed by atoms with van der Waals surface area (Å²) < 4.78 is 38.6. The first-order valence-corrected chi connectivity index (χ1v) is 12.0. The number of ether oxygens (including phenoxy) is 2. The Labute approximate surface area is 201 Å². The Morgan fingerprint density at radius 2 is 1.68 bits per heavy atom. The number of carbonyl (C=O) groups is 1. The Bertz CT molecular complexity index is 1150. The molecule has 3 aromatic carbocycles. The van der Waals surface area contributed by atoms with Crippen molar-refractivity contribution in [2.24, 2.45) is 0 Å². The minimum Gasteiger partial charge on any atom is -0.489 e. The minimum absolute atomic E-state index is 0.0100. The lowest BCUT2D eigenvalue weighted by atomic mass is 9.95. The van der Waals surface area contributed by atoms with Gasteiger partial charge in [-0.15, -0.1) is 0 Å². The highest BCUT2D eigenvalue weighted by Crippen LogP contribution is 2.42. The van der Waals surface area contributed by atoms with Crippen LogP contribution in [-0.2, 0) is 9.53 Å². The summed E-state index contributed by atoms with van der Waals surface area (Å²) in [4.78, 5) is 13.5. The van der Waals surface area contributed by atoms with Crippen LogP contribution in [0, 0.1) is 11.6 Å². The van der Waals surface area contributed by atoms with Crippen molar-refractivity contribution in [1.29, 1.82) is 0 Å². The monoisotopic (exact) mass is 484 g/mol. The van der Waals surface area contributed by atoms with Crippen LogP contribution >= 0.6 is 11.8 Å². The van der Waals surface area contributed by atoms with Gasteiger partial charge < -0.3 is 14.6 Å². The number of rotatable bonds is 7. The van der Waals surface area contributed by atoms with Crippen molar-refractivity contribution in [1.82, 2.24) is 0 Å². The van der Waals surface area contributed by atoms with Gasteiger partial charge in [0.1, 0.15) is 30.1 Å². The molecule has 1 saturated heterocycles. The molecule has 0 amide bonds. The van der Waals surface area contributed by atoms with Crippen LogP contribution in [0.25, 0.3) is 11.1 Å². The van der Waals surface area contributed by atoms with E-state index in [4.69, 9.17) is 9.47 Å². The molecule has 7 heteroatoms. The number of aliphatic hydroxyl groups is 1.